The summed E-state index contributed by atoms with van der Waals surface area (Å²) in [4.78, 5) is 6.54. The molecular weight excluding hydrogens is 258 g/mol. The van der Waals surface area contributed by atoms with Crippen molar-refractivity contribution >= 4 is 28.0 Å². The van der Waals surface area contributed by atoms with Gasteiger partial charge in [-0.05, 0) is 43.3 Å². The Kier molecular flexibility index (Phi) is 3.48. The molecule has 1 heterocycles. The van der Waals surface area contributed by atoms with Gasteiger partial charge in [0.25, 0.3) is 0 Å². The van der Waals surface area contributed by atoms with Crippen LogP contribution in [0.1, 0.15) is 5.56 Å². The second-order valence-electron chi connectivity index (χ2n) is 5.45. The van der Waals surface area contributed by atoms with Gasteiger partial charge in [-0.3, -0.25) is 4.98 Å². The Morgan fingerprint density at radius 2 is 1.71 bits per heavy atom. The van der Waals surface area contributed by atoms with E-state index in [9.17, 15) is 0 Å². The number of aryl methyl sites for hydroxylation is 1. The van der Waals surface area contributed by atoms with E-state index in [2.05, 4.69) is 64.6 Å². The van der Waals surface area contributed by atoms with Gasteiger partial charge in [-0.25, -0.2) is 0 Å². The molecule has 0 aliphatic carbocycles. The van der Waals surface area contributed by atoms with Gasteiger partial charge in [0.2, 0.25) is 0 Å². The highest BCUT2D eigenvalue weighted by atomic mass is 15.1. The molecule has 3 heteroatoms. The molecule has 0 aliphatic heterocycles. The number of hydrogen-bond acceptors (Lipinski definition) is 3. The molecule has 0 fully saturated rings. The van der Waals surface area contributed by atoms with Gasteiger partial charge in [0.05, 0.1) is 5.52 Å². The van der Waals surface area contributed by atoms with Crippen molar-refractivity contribution in [1.29, 1.82) is 0 Å². The summed E-state index contributed by atoms with van der Waals surface area (Å²) in [7, 11) is 4.09. The van der Waals surface area contributed by atoms with Gasteiger partial charge in [-0.2, -0.15) is 0 Å². The van der Waals surface area contributed by atoms with Gasteiger partial charge in [-0.15, -0.1) is 0 Å². The molecule has 0 unspecified atom stereocenters. The SMILES string of the molecule is Cc1ccc(Nc2ccnc3ccc(N(C)C)cc23)cc1. The second-order valence-corrected chi connectivity index (χ2v) is 5.45. The first kappa shape index (κ1) is 13.4. The molecule has 3 rings (SSSR count). The molecule has 3 aromatic rings. The fraction of sp³-hybridized carbons (Fsp3) is 0.167. The van der Waals surface area contributed by atoms with Crippen LogP contribution in [0.25, 0.3) is 10.9 Å². The third-order valence-electron chi connectivity index (χ3n) is 3.57. The maximum Gasteiger partial charge on any atom is 0.0724 e. The number of nitrogens with zero attached hydrogens (tertiary/aromatic N) is 2. The van der Waals surface area contributed by atoms with E-state index in [0.717, 1.165) is 22.3 Å². The average Bonchev–Trinajstić information content (AvgIpc) is 2.49. The van der Waals surface area contributed by atoms with E-state index in [0.29, 0.717) is 0 Å². The minimum absolute atomic E-state index is 0.998. The van der Waals surface area contributed by atoms with Crippen molar-refractivity contribution in [2.45, 2.75) is 6.92 Å². The fourth-order valence-corrected chi connectivity index (χ4v) is 2.31. The Balaban J connectivity index is 2.04. The monoisotopic (exact) mass is 277 g/mol. The highest BCUT2D eigenvalue weighted by molar-refractivity contribution is 5.95. The number of fused-ring (bicyclic) bond motifs is 1. The number of rotatable bonds is 3. The molecule has 0 amide bonds. The summed E-state index contributed by atoms with van der Waals surface area (Å²) in [5.41, 5.74) is 5.59. The van der Waals surface area contributed by atoms with E-state index >= 15 is 0 Å². The summed E-state index contributed by atoms with van der Waals surface area (Å²) in [6.45, 7) is 2.09. The van der Waals surface area contributed by atoms with Crippen LogP contribution in [0.3, 0.4) is 0 Å². The van der Waals surface area contributed by atoms with Gasteiger partial charge in [0.1, 0.15) is 0 Å². The third kappa shape index (κ3) is 2.82. The standard InChI is InChI=1S/C18H19N3/c1-13-4-6-14(7-5-13)20-18-10-11-19-17-9-8-15(21(2)3)12-16(17)18/h4-12H,1-3H3,(H,19,20). The lowest BCUT2D eigenvalue weighted by Crippen LogP contribution is -2.08. The molecule has 0 saturated carbocycles. The first-order valence-electron chi connectivity index (χ1n) is 7.03. The van der Waals surface area contributed by atoms with Crippen LogP contribution in [-0.2, 0) is 0 Å². The van der Waals surface area contributed by atoms with Crippen molar-refractivity contribution < 1.29 is 0 Å². The summed E-state index contributed by atoms with van der Waals surface area (Å²) in [6.07, 6.45) is 1.84. The quantitative estimate of drug-likeness (QED) is 0.771. The summed E-state index contributed by atoms with van der Waals surface area (Å²) < 4.78 is 0. The fourth-order valence-electron chi connectivity index (χ4n) is 2.31. The predicted molar refractivity (Wildman–Crippen MR) is 90.5 cm³/mol. The van der Waals surface area contributed by atoms with Gasteiger partial charge in [0.15, 0.2) is 0 Å². The molecule has 1 aromatic heterocycles. The molecular formula is C18H19N3. The highest BCUT2D eigenvalue weighted by Gasteiger charge is 2.05. The number of anilines is 3. The van der Waals surface area contributed by atoms with E-state index in [1.54, 1.807) is 0 Å². The van der Waals surface area contributed by atoms with Crippen LogP contribution in [0.4, 0.5) is 17.1 Å². The normalized spacial score (nSPS) is 10.6. The molecule has 0 radical (unpaired) electrons. The van der Waals surface area contributed by atoms with Crippen LogP contribution in [0, 0.1) is 6.92 Å². The van der Waals surface area contributed by atoms with Gasteiger partial charge >= 0.3 is 0 Å². The molecule has 3 nitrogen and oxygen atoms in total. The van der Waals surface area contributed by atoms with Crippen molar-refractivity contribution in [2.75, 3.05) is 24.3 Å². The lowest BCUT2D eigenvalue weighted by molar-refractivity contribution is 1.13. The summed E-state index contributed by atoms with van der Waals surface area (Å²) >= 11 is 0. The van der Waals surface area contributed by atoms with Crippen molar-refractivity contribution in [3.8, 4) is 0 Å². The minimum Gasteiger partial charge on any atom is -0.378 e. The molecule has 106 valence electrons. The van der Waals surface area contributed by atoms with E-state index in [-0.39, 0.29) is 0 Å². The van der Waals surface area contributed by atoms with Crippen LogP contribution in [0.2, 0.25) is 0 Å². The smallest absolute Gasteiger partial charge is 0.0724 e. The topological polar surface area (TPSA) is 28.2 Å². The zero-order valence-electron chi connectivity index (χ0n) is 12.6. The largest absolute Gasteiger partial charge is 0.378 e. The number of aromatic nitrogens is 1. The number of pyridine rings is 1. The zero-order valence-corrected chi connectivity index (χ0v) is 12.6. The molecule has 0 saturated heterocycles. The van der Waals surface area contributed by atoms with Crippen LogP contribution >= 0.6 is 0 Å². The predicted octanol–water partition coefficient (Wildman–Crippen LogP) is 4.35. The third-order valence-corrected chi connectivity index (χ3v) is 3.57. The first-order valence-corrected chi connectivity index (χ1v) is 7.03. The van der Waals surface area contributed by atoms with E-state index < -0.39 is 0 Å². The Hall–Kier alpha value is -2.55. The zero-order chi connectivity index (χ0) is 14.8. The Bertz CT molecular complexity index is 761. The summed E-state index contributed by atoms with van der Waals surface area (Å²) in [6, 6.07) is 16.7. The highest BCUT2D eigenvalue weighted by Crippen LogP contribution is 2.28. The molecule has 21 heavy (non-hydrogen) atoms. The minimum atomic E-state index is 0.998. The van der Waals surface area contributed by atoms with E-state index in [4.69, 9.17) is 0 Å². The molecule has 1 N–H and O–H groups in total. The maximum absolute atomic E-state index is 4.44. The number of benzene rings is 2. The molecule has 0 atom stereocenters. The van der Waals surface area contributed by atoms with E-state index in [1.807, 2.05) is 26.4 Å². The van der Waals surface area contributed by atoms with Crippen molar-refractivity contribution in [3.05, 3.63) is 60.3 Å². The molecule has 0 spiro atoms. The lowest BCUT2D eigenvalue weighted by atomic mass is 10.1. The van der Waals surface area contributed by atoms with Crippen molar-refractivity contribution in [3.63, 3.8) is 0 Å². The van der Waals surface area contributed by atoms with Crippen LogP contribution in [-0.4, -0.2) is 19.1 Å². The lowest BCUT2D eigenvalue weighted by Gasteiger charge is -2.15. The summed E-state index contributed by atoms with van der Waals surface area (Å²) in [5.74, 6) is 0. The molecule has 2 aromatic carbocycles. The number of hydrogen-bond donors (Lipinski definition) is 1. The van der Waals surface area contributed by atoms with Crippen LogP contribution < -0.4 is 10.2 Å². The van der Waals surface area contributed by atoms with Gasteiger partial charge < -0.3 is 10.2 Å². The van der Waals surface area contributed by atoms with Crippen LogP contribution in [0.15, 0.2) is 54.7 Å². The Morgan fingerprint density at radius 1 is 0.952 bits per heavy atom. The molecule has 0 bridgehead atoms. The summed E-state index contributed by atoms with van der Waals surface area (Å²) in [5, 5.41) is 4.61. The van der Waals surface area contributed by atoms with Crippen LogP contribution in [0.5, 0.6) is 0 Å². The Morgan fingerprint density at radius 3 is 2.43 bits per heavy atom. The van der Waals surface area contributed by atoms with Gasteiger partial charge in [0, 0.05) is 42.7 Å². The maximum atomic E-state index is 4.44. The first-order chi connectivity index (χ1) is 10.1. The van der Waals surface area contributed by atoms with Crippen molar-refractivity contribution in [2.24, 2.45) is 0 Å². The average molecular weight is 277 g/mol. The number of nitrogens with one attached hydrogen (secondary N) is 1. The molecule has 0 aliphatic rings. The van der Waals surface area contributed by atoms with Crippen molar-refractivity contribution in [1.82, 2.24) is 4.98 Å². The Labute approximate surface area is 125 Å². The second kappa shape index (κ2) is 5.44. The van der Waals surface area contributed by atoms with Gasteiger partial charge in [-0.1, -0.05) is 17.7 Å². The van der Waals surface area contributed by atoms with E-state index in [1.165, 1.54) is 11.3 Å².